The summed E-state index contributed by atoms with van der Waals surface area (Å²) in [5.74, 6) is 0.984. The van der Waals surface area contributed by atoms with Crippen LogP contribution in [0.1, 0.15) is 249 Å². The van der Waals surface area contributed by atoms with E-state index in [1.54, 1.807) is 0 Å². The Bertz CT molecular complexity index is 777. The summed E-state index contributed by atoms with van der Waals surface area (Å²) >= 11 is -4.27. The van der Waals surface area contributed by atoms with Gasteiger partial charge in [0.05, 0.1) is 0 Å². The Hall–Kier alpha value is -0.261. The number of hydrogen-bond acceptors (Lipinski definition) is 4. The van der Waals surface area contributed by atoms with Gasteiger partial charge in [0, 0.05) is 0 Å². The normalized spacial score (nSPS) is 15.6. The number of unbranched alkanes of at least 4 members (excludes halogenated alkanes) is 14. The molecule has 0 saturated carbocycles. The van der Waals surface area contributed by atoms with Gasteiger partial charge in [0.1, 0.15) is 0 Å². The Morgan fingerprint density at radius 1 is 0.451 bits per heavy atom. The molecular formula is C46H92O4Sn. The second-order valence-corrected chi connectivity index (χ2v) is 26.5. The van der Waals surface area contributed by atoms with Gasteiger partial charge in [-0.2, -0.15) is 0 Å². The van der Waals surface area contributed by atoms with E-state index in [0.29, 0.717) is 11.8 Å². The van der Waals surface area contributed by atoms with Crippen molar-refractivity contribution in [1.29, 1.82) is 0 Å². The predicted molar refractivity (Wildman–Crippen MR) is 225 cm³/mol. The average Bonchev–Trinajstić information content (AvgIpc) is 3.12. The SMILES string of the molecule is CCCCCCC[CH2][Sn]([CH2]CCCCCCC)([O]C(=O)C(C)(CCCC)CC(CC)CCCC)[O]C(=O)C(C)(CCCC)CC(CC)CCCC. The van der Waals surface area contributed by atoms with Crippen LogP contribution in [0.25, 0.3) is 0 Å². The van der Waals surface area contributed by atoms with E-state index in [4.69, 9.17) is 6.15 Å². The van der Waals surface area contributed by atoms with Crippen molar-refractivity contribution in [2.75, 3.05) is 0 Å². The van der Waals surface area contributed by atoms with E-state index in [0.717, 1.165) is 98.8 Å². The van der Waals surface area contributed by atoms with Crippen LogP contribution >= 0.6 is 0 Å². The minimum absolute atomic E-state index is 0.0314. The Kier molecular flexibility index (Phi) is 30.8. The monoisotopic (exact) mass is 829 g/mol. The third-order valence-electron chi connectivity index (χ3n) is 12.1. The molecule has 0 fully saturated rings. The molecule has 0 bridgehead atoms. The van der Waals surface area contributed by atoms with Crippen molar-refractivity contribution in [1.82, 2.24) is 0 Å². The van der Waals surface area contributed by atoms with Gasteiger partial charge in [0.15, 0.2) is 0 Å². The predicted octanol–water partition coefficient (Wildman–Crippen LogP) is 15.8. The summed E-state index contributed by atoms with van der Waals surface area (Å²) in [5, 5.41) is 0. The van der Waals surface area contributed by atoms with E-state index in [2.05, 4.69) is 69.2 Å². The molecule has 4 atom stereocenters. The molecule has 0 heterocycles. The van der Waals surface area contributed by atoms with E-state index in [-0.39, 0.29) is 11.9 Å². The van der Waals surface area contributed by atoms with Gasteiger partial charge in [0.25, 0.3) is 0 Å². The Balaban J connectivity index is 6.84. The van der Waals surface area contributed by atoms with Crippen molar-refractivity contribution < 1.29 is 15.7 Å². The van der Waals surface area contributed by atoms with E-state index < -0.39 is 30.0 Å². The zero-order valence-corrected chi connectivity index (χ0v) is 39.4. The molecule has 0 saturated heterocycles. The van der Waals surface area contributed by atoms with Crippen molar-refractivity contribution in [2.24, 2.45) is 22.7 Å². The molecule has 0 spiro atoms. The molecular weight excluding hydrogens is 735 g/mol. The summed E-state index contributed by atoms with van der Waals surface area (Å²) in [4.78, 5) is 29.7. The van der Waals surface area contributed by atoms with Gasteiger partial charge >= 0.3 is 327 Å². The summed E-state index contributed by atoms with van der Waals surface area (Å²) in [6, 6.07) is 0. The van der Waals surface area contributed by atoms with Crippen LogP contribution in [0.4, 0.5) is 0 Å². The minimum atomic E-state index is -4.27. The third kappa shape index (κ3) is 22.0. The second-order valence-electron chi connectivity index (χ2n) is 17.3. The fourth-order valence-electron chi connectivity index (χ4n) is 8.15. The van der Waals surface area contributed by atoms with E-state index in [9.17, 15) is 9.59 Å². The van der Waals surface area contributed by atoms with Crippen LogP contribution in [0.3, 0.4) is 0 Å². The maximum atomic E-state index is 14.8. The van der Waals surface area contributed by atoms with Crippen LogP contribution in [0.2, 0.25) is 8.87 Å². The van der Waals surface area contributed by atoms with Gasteiger partial charge in [-0.1, -0.05) is 0 Å². The Morgan fingerprint density at radius 3 is 1.08 bits per heavy atom. The molecule has 0 aromatic rings. The molecule has 0 rings (SSSR count). The van der Waals surface area contributed by atoms with E-state index >= 15 is 0 Å². The summed E-state index contributed by atoms with van der Waals surface area (Å²) in [7, 11) is 0. The number of carbonyl (C=O) groups is 2. The first kappa shape index (κ1) is 50.7. The van der Waals surface area contributed by atoms with Crippen LogP contribution in [-0.4, -0.2) is 31.1 Å². The van der Waals surface area contributed by atoms with Gasteiger partial charge in [-0.3, -0.25) is 0 Å². The fraction of sp³-hybridized carbons (Fsp3) is 0.957. The molecule has 0 aromatic heterocycles. The van der Waals surface area contributed by atoms with Crippen molar-refractivity contribution in [2.45, 2.75) is 258 Å². The molecule has 0 aliphatic carbocycles. The molecule has 0 aliphatic heterocycles. The molecule has 5 heteroatoms. The second kappa shape index (κ2) is 31.0. The van der Waals surface area contributed by atoms with Crippen LogP contribution in [0.15, 0.2) is 0 Å². The first-order chi connectivity index (χ1) is 24.5. The van der Waals surface area contributed by atoms with E-state index in [1.807, 2.05) is 0 Å². The van der Waals surface area contributed by atoms with E-state index in [1.165, 1.54) is 89.9 Å². The Morgan fingerprint density at radius 2 is 0.765 bits per heavy atom. The number of carbonyl (C=O) groups excluding carboxylic acids is 2. The number of rotatable bonds is 36. The molecule has 0 amide bonds. The quantitative estimate of drug-likeness (QED) is 0.0466. The first-order valence-corrected chi connectivity index (χ1v) is 29.3. The van der Waals surface area contributed by atoms with Gasteiger partial charge in [-0.05, 0) is 0 Å². The first-order valence-electron chi connectivity index (χ1n) is 23.0. The van der Waals surface area contributed by atoms with Crippen molar-refractivity contribution in [3.05, 3.63) is 0 Å². The fourth-order valence-corrected chi connectivity index (χ4v) is 18.0. The number of hydrogen-bond donors (Lipinski definition) is 0. The van der Waals surface area contributed by atoms with Gasteiger partial charge in [-0.15, -0.1) is 0 Å². The molecule has 0 aliphatic rings. The van der Waals surface area contributed by atoms with Crippen LogP contribution in [0, 0.1) is 22.7 Å². The van der Waals surface area contributed by atoms with Gasteiger partial charge in [0.2, 0.25) is 0 Å². The molecule has 4 unspecified atom stereocenters. The molecule has 0 aromatic carbocycles. The summed E-state index contributed by atoms with van der Waals surface area (Å²) in [6.07, 6.45) is 31.3. The van der Waals surface area contributed by atoms with Gasteiger partial charge < -0.3 is 0 Å². The third-order valence-corrected chi connectivity index (χ3v) is 21.6. The molecule has 0 N–H and O–H groups in total. The Labute approximate surface area is 325 Å². The molecule has 4 nitrogen and oxygen atoms in total. The van der Waals surface area contributed by atoms with Crippen molar-refractivity contribution in [3.8, 4) is 0 Å². The van der Waals surface area contributed by atoms with Crippen molar-refractivity contribution in [3.63, 3.8) is 0 Å². The molecule has 304 valence electrons. The zero-order chi connectivity index (χ0) is 38.4. The standard InChI is InChI=1S/2C15H30O2.2C8H17.Sn/c2*1-5-8-10-13(7-3)12-15(4,14(16)17)11-9-6-2;2*1-3-5-7-8-6-4-2;/h2*13H,5-12H2,1-4H3,(H,16,17);2*1,3-8H2,2H3;/q;;;;+2/p-2. The van der Waals surface area contributed by atoms with Crippen LogP contribution in [0.5, 0.6) is 0 Å². The summed E-state index contributed by atoms with van der Waals surface area (Å²) in [6.45, 7) is 22.5. The topological polar surface area (TPSA) is 52.6 Å². The maximum absolute atomic E-state index is 14.8. The summed E-state index contributed by atoms with van der Waals surface area (Å²) < 4.78 is 15.8. The molecule has 51 heavy (non-hydrogen) atoms. The average molecular weight is 828 g/mol. The summed E-state index contributed by atoms with van der Waals surface area (Å²) in [5.41, 5.74) is -1.06. The van der Waals surface area contributed by atoms with Crippen LogP contribution < -0.4 is 0 Å². The molecule has 0 radical (unpaired) electrons. The zero-order valence-electron chi connectivity index (χ0n) is 36.5. The van der Waals surface area contributed by atoms with Crippen LogP contribution in [-0.2, 0) is 15.7 Å². The van der Waals surface area contributed by atoms with Gasteiger partial charge in [-0.25, -0.2) is 0 Å². The van der Waals surface area contributed by atoms with Crippen molar-refractivity contribution >= 4 is 31.1 Å².